The molecule has 0 bridgehead atoms. The lowest BCUT2D eigenvalue weighted by Gasteiger charge is -2.33. The summed E-state index contributed by atoms with van der Waals surface area (Å²) in [4.78, 5) is 0. The number of ether oxygens (including phenoxy) is 2. The Balaban J connectivity index is 1.70. The van der Waals surface area contributed by atoms with Gasteiger partial charge in [0.05, 0.1) is 13.2 Å². The van der Waals surface area contributed by atoms with Crippen molar-refractivity contribution in [2.45, 2.75) is 37.8 Å². The second-order valence-corrected chi connectivity index (χ2v) is 4.19. The molecule has 90 valence electrons. The zero-order valence-electron chi connectivity index (χ0n) is 9.71. The first-order valence-electron chi connectivity index (χ1n) is 5.88. The summed E-state index contributed by atoms with van der Waals surface area (Å²) < 4.78 is 10.2. The Hall–Kier alpha value is -0.160. The third-order valence-electron chi connectivity index (χ3n) is 2.75. The zero-order chi connectivity index (χ0) is 10.9. The quantitative estimate of drug-likeness (QED) is 0.551. The largest absolute Gasteiger partial charge is 0.382 e. The molecule has 4 nitrogen and oxygen atoms in total. The van der Waals surface area contributed by atoms with Gasteiger partial charge >= 0.3 is 0 Å². The average molecular weight is 216 g/mol. The maximum Gasteiger partial charge on any atom is 0.0700 e. The molecule has 0 aromatic heterocycles. The van der Waals surface area contributed by atoms with Gasteiger partial charge in [0, 0.05) is 25.8 Å². The molecule has 0 aromatic carbocycles. The van der Waals surface area contributed by atoms with E-state index in [4.69, 9.17) is 15.2 Å². The van der Waals surface area contributed by atoms with E-state index in [1.54, 1.807) is 7.11 Å². The second kappa shape index (κ2) is 8.05. The van der Waals surface area contributed by atoms with Crippen LogP contribution in [0.1, 0.15) is 25.7 Å². The molecule has 15 heavy (non-hydrogen) atoms. The van der Waals surface area contributed by atoms with E-state index in [9.17, 15) is 0 Å². The Morgan fingerprint density at radius 3 is 2.67 bits per heavy atom. The van der Waals surface area contributed by atoms with Crippen LogP contribution in [0.25, 0.3) is 0 Å². The molecule has 4 heteroatoms. The molecule has 3 N–H and O–H groups in total. The van der Waals surface area contributed by atoms with Gasteiger partial charge in [-0.1, -0.05) is 0 Å². The topological polar surface area (TPSA) is 56.5 Å². The monoisotopic (exact) mass is 216 g/mol. The number of hydrogen-bond donors (Lipinski definition) is 2. The van der Waals surface area contributed by atoms with Gasteiger partial charge in [-0.05, 0) is 32.2 Å². The lowest BCUT2D eigenvalue weighted by atomic mass is 9.87. The van der Waals surface area contributed by atoms with Crippen LogP contribution in [0.5, 0.6) is 0 Å². The lowest BCUT2D eigenvalue weighted by Crippen LogP contribution is -2.48. The van der Waals surface area contributed by atoms with Crippen LogP contribution in [0.3, 0.4) is 0 Å². The maximum atomic E-state index is 5.70. The number of nitrogens with two attached hydrogens (primary N) is 1. The highest BCUT2D eigenvalue weighted by molar-refractivity contribution is 4.87. The summed E-state index contributed by atoms with van der Waals surface area (Å²) in [5.41, 5.74) is 5.70. The van der Waals surface area contributed by atoms with E-state index < -0.39 is 0 Å². The highest BCUT2D eigenvalue weighted by atomic mass is 16.5. The fraction of sp³-hybridized carbons (Fsp3) is 1.00. The van der Waals surface area contributed by atoms with Crippen molar-refractivity contribution in [2.75, 3.05) is 33.5 Å². The van der Waals surface area contributed by atoms with Crippen LogP contribution >= 0.6 is 0 Å². The van der Waals surface area contributed by atoms with E-state index in [-0.39, 0.29) is 0 Å². The van der Waals surface area contributed by atoms with Gasteiger partial charge in [-0.3, -0.25) is 0 Å². The fourth-order valence-corrected chi connectivity index (χ4v) is 1.71. The molecular formula is C11H24N2O2. The van der Waals surface area contributed by atoms with E-state index in [1.807, 2.05) is 0 Å². The van der Waals surface area contributed by atoms with Crippen LogP contribution in [-0.2, 0) is 9.47 Å². The van der Waals surface area contributed by atoms with E-state index in [0.29, 0.717) is 25.3 Å². The van der Waals surface area contributed by atoms with Crippen molar-refractivity contribution in [3.05, 3.63) is 0 Å². The summed E-state index contributed by atoms with van der Waals surface area (Å²) in [7, 11) is 1.69. The minimum atomic E-state index is 0.444. The van der Waals surface area contributed by atoms with Crippen LogP contribution < -0.4 is 11.1 Å². The lowest BCUT2D eigenvalue weighted by molar-refractivity contribution is 0.0686. The summed E-state index contributed by atoms with van der Waals surface area (Å²) in [6.45, 7) is 3.33. The number of rotatable bonds is 9. The van der Waals surface area contributed by atoms with Gasteiger partial charge in [0.25, 0.3) is 0 Å². The highest BCUT2D eigenvalue weighted by Crippen LogP contribution is 2.16. The van der Waals surface area contributed by atoms with Crippen molar-refractivity contribution < 1.29 is 9.47 Å². The number of nitrogens with one attached hydrogen (secondary N) is 1. The average Bonchev–Trinajstić information content (AvgIpc) is 2.19. The molecule has 0 saturated heterocycles. The zero-order valence-corrected chi connectivity index (χ0v) is 9.71. The molecule has 0 amide bonds. The SMILES string of the molecule is COCCOCCCCNC1CC(N)C1. The molecule has 0 aliphatic heterocycles. The maximum absolute atomic E-state index is 5.70. The molecule has 1 aliphatic rings. The van der Waals surface area contributed by atoms with Crippen molar-refractivity contribution in [3.63, 3.8) is 0 Å². The van der Waals surface area contributed by atoms with Crippen molar-refractivity contribution in [2.24, 2.45) is 5.73 Å². The Kier molecular flexibility index (Phi) is 6.92. The predicted molar refractivity (Wildman–Crippen MR) is 60.9 cm³/mol. The Morgan fingerprint density at radius 2 is 2.00 bits per heavy atom. The highest BCUT2D eigenvalue weighted by Gasteiger charge is 2.24. The van der Waals surface area contributed by atoms with Crippen molar-refractivity contribution in [1.29, 1.82) is 0 Å². The first kappa shape index (κ1) is 12.9. The minimum absolute atomic E-state index is 0.444. The molecule has 0 spiro atoms. The fourth-order valence-electron chi connectivity index (χ4n) is 1.71. The summed E-state index contributed by atoms with van der Waals surface area (Å²) in [6.07, 6.45) is 4.59. The van der Waals surface area contributed by atoms with Crippen LogP contribution in [0.2, 0.25) is 0 Å². The van der Waals surface area contributed by atoms with Crippen LogP contribution in [0.15, 0.2) is 0 Å². The molecule has 0 aromatic rings. The van der Waals surface area contributed by atoms with Gasteiger partial charge in [-0.2, -0.15) is 0 Å². The molecule has 1 aliphatic carbocycles. The molecule has 0 heterocycles. The molecule has 0 unspecified atom stereocenters. The van der Waals surface area contributed by atoms with Crippen molar-refractivity contribution in [3.8, 4) is 0 Å². The number of hydrogen-bond acceptors (Lipinski definition) is 4. The molecule has 1 fully saturated rings. The van der Waals surface area contributed by atoms with E-state index >= 15 is 0 Å². The normalized spacial score (nSPS) is 25.2. The van der Waals surface area contributed by atoms with Gasteiger partial charge in [-0.15, -0.1) is 0 Å². The van der Waals surface area contributed by atoms with Crippen LogP contribution in [-0.4, -0.2) is 45.6 Å². The summed E-state index contributed by atoms with van der Waals surface area (Å²) in [6, 6.07) is 1.12. The van der Waals surface area contributed by atoms with Crippen molar-refractivity contribution in [1.82, 2.24) is 5.32 Å². The smallest absolute Gasteiger partial charge is 0.0700 e. The summed E-state index contributed by atoms with van der Waals surface area (Å²) in [5.74, 6) is 0. The molecule has 1 saturated carbocycles. The third-order valence-corrected chi connectivity index (χ3v) is 2.75. The van der Waals surface area contributed by atoms with E-state index in [0.717, 1.165) is 32.4 Å². The van der Waals surface area contributed by atoms with Gasteiger partial charge in [0.2, 0.25) is 0 Å². The van der Waals surface area contributed by atoms with E-state index in [2.05, 4.69) is 5.32 Å². The summed E-state index contributed by atoms with van der Waals surface area (Å²) in [5, 5.41) is 3.49. The predicted octanol–water partition coefficient (Wildman–Crippen LogP) is 0.509. The minimum Gasteiger partial charge on any atom is -0.382 e. The first-order chi connectivity index (χ1) is 7.33. The molecular weight excluding hydrogens is 192 g/mol. The van der Waals surface area contributed by atoms with Gasteiger partial charge in [-0.25, -0.2) is 0 Å². The standard InChI is InChI=1S/C11H24N2O2/c1-14-6-7-15-5-3-2-4-13-11-8-10(12)9-11/h10-11,13H,2-9,12H2,1H3. The van der Waals surface area contributed by atoms with Crippen LogP contribution in [0.4, 0.5) is 0 Å². The second-order valence-electron chi connectivity index (χ2n) is 4.19. The Bertz CT molecular complexity index is 150. The Morgan fingerprint density at radius 1 is 1.20 bits per heavy atom. The molecule has 0 radical (unpaired) electrons. The van der Waals surface area contributed by atoms with Crippen molar-refractivity contribution >= 4 is 0 Å². The van der Waals surface area contributed by atoms with Gasteiger partial charge in [0.15, 0.2) is 0 Å². The number of unbranched alkanes of at least 4 members (excludes halogenated alkanes) is 1. The molecule has 1 rings (SSSR count). The third kappa shape index (κ3) is 6.10. The van der Waals surface area contributed by atoms with Gasteiger partial charge < -0.3 is 20.5 Å². The summed E-state index contributed by atoms with van der Waals surface area (Å²) >= 11 is 0. The van der Waals surface area contributed by atoms with E-state index in [1.165, 1.54) is 6.42 Å². The van der Waals surface area contributed by atoms with Crippen LogP contribution in [0, 0.1) is 0 Å². The molecule has 0 atom stereocenters. The van der Waals surface area contributed by atoms with Gasteiger partial charge in [0.1, 0.15) is 0 Å². The first-order valence-corrected chi connectivity index (χ1v) is 5.88. The number of methoxy groups -OCH3 is 1. The Labute approximate surface area is 92.5 Å².